The summed E-state index contributed by atoms with van der Waals surface area (Å²) in [6, 6.07) is 3.26. The molecule has 1 fully saturated rings. The fourth-order valence-electron chi connectivity index (χ4n) is 3.79. The van der Waals surface area contributed by atoms with Crippen molar-refractivity contribution in [1.29, 1.82) is 0 Å². The van der Waals surface area contributed by atoms with E-state index >= 15 is 0 Å². The zero-order chi connectivity index (χ0) is 28.0. The topological polar surface area (TPSA) is 156 Å². The Morgan fingerprint density at radius 3 is 2.21 bits per heavy atom. The van der Waals surface area contributed by atoms with Crippen LogP contribution >= 0.6 is 0 Å². The Hall–Kier alpha value is -3.83. The molecule has 0 radical (unpaired) electrons. The number of ether oxygens (including phenoxy) is 6. The van der Waals surface area contributed by atoms with Gasteiger partial charge in [0.1, 0.15) is 25.0 Å². The lowest BCUT2D eigenvalue weighted by Crippen LogP contribution is -2.54. The lowest BCUT2D eigenvalue weighted by atomic mass is 10.0. The largest absolute Gasteiger partial charge is 0.481 e. The van der Waals surface area contributed by atoms with E-state index in [0.717, 1.165) is 4.90 Å². The lowest BCUT2D eigenvalue weighted by molar-refractivity contribution is -0.147. The Balaban J connectivity index is 1.31. The van der Waals surface area contributed by atoms with Crippen molar-refractivity contribution < 1.29 is 52.4 Å². The van der Waals surface area contributed by atoms with Gasteiger partial charge in [0.25, 0.3) is 11.8 Å². The molecular formula is C26H30N2O11. The maximum absolute atomic E-state index is 13.0. The molecule has 0 aromatic heterocycles. The molecule has 2 aliphatic heterocycles. The van der Waals surface area contributed by atoms with Gasteiger partial charge in [0.15, 0.2) is 6.61 Å². The Kier molecular flexibility index (Phi) is 11.9. The second-order valence-electron chi connectivity index (χ2n) is 8.23. The van der Waals surface area contributed by atoms with Gasteiger partial charge in [-0.3, -0.25) is 29.4 Å². The van der Waals surface area contributed by atoms with Crippen molar-refractivity contribution in [3.8, 4) is 18.1 Å². The van der Waals surface area contributed by atoms with Crippen molar-refractivity contribution >= 4 is 29.6 Å². The molecule has 1 aromatic rings. The van der Waals surface area contributed by atoms with Crippen molar-refractivity contribution in [2.24, 2.45) is 0 Å². The number of nitrogens with one attached hydrogen (secondary N) is 1. The molecule has 2 aliphatic rings. The van der Waals surface area contributed by atoms with E-state index in [2.05, 4.69) is 11.2 Å². The minimum Gasteiger partial charge on any atom is -0.481 e. The number of imide groups is 2. The van der Waals surface area contributed by atoms with Crippen LogP contribution in [0.15, 0.2) is 18.2 Å². The van der Waals surface area contributed by atoms with E-state index in [1.807, 2.05) is 0 Å². The van der Waals surface area contributed by atoms with Crippen molar-refractivity contribution in [2.45, 2.75) is 18.9 Å². The third-order valence-electron chi connectivity index (χ3n) is 5.57. The van der Waals surface area contributed by atoms with Crippen LogP contribution in [0.2, 0.25) is 0 Å². The summed E-state index contributed by atoms with van der Waals surface area (Å²) in [5.74, 6) is -0.910. The number of carbonyl (C=O) groups excluding carboxylic acids is 5. The average molecular weight is 547 g/mol. The number of esters is 1. The predicted octanol–water partition coefficient (Wildman–Crippen LogP) is -0.291. The van der Waals surface area contributed by atoms with Crippen LogP contribution in [0.4, 0.5) is 0 Å². The molecular weight excluding hydrogens is 516 g/mol. The summed E-state index contributed by atoms with van der Waals surface area (Å²) in [4.78, 5) is 62.4. The zero-order valence-corrected chi connectivity index (χ0v) is 21.3. The SMILES string of the molecule is C#CCOCCOCCOCCOCCOC(=O)COc1cccc2c1C(=O)N(C1CCC(=O)NC1=O)C2=O. The Morgan fingerprint density at radius 2 is 1.56 bits per heavy atom. The quantitative estimate of drug-likeness (QED) is 0.119. The number of rotatable bonds is 17. The summed E-state index contributed by atoms with van der Waals surface area (Å²) in [5.41, 5.74) is -0.00205. The van der Waals surface area contributed by atoms with E-state index in [1.54, 1.807) is 0 Å². The van der Waals surface area contributed by atoms with Crippen LogP contribution in [0.3, 0.4) is 0 Å². The number of terminal acetylenes is 1. The minimum absolute atomic E-state index is 0.00932. The molecule has 13 nitrogen and oxygen atoms in total. The summed E-state index contributed by atoms with van der Waals surface area (Å²) in [6.07, 6.45) is 5.10. The molecule has 1 N–H and O–H groups in total. The minimum atomic E-state index is -1.10. The second-order valence-corrected chi connectivity index (χ2v) is 8.23. The van der Waals surface area contributed by atoms with Crippen LogP contribution in [0.1, 0.15) is 33.6 Å². The third-order valence-corrected chi connectivity index (χ3v) is 5.57. The van der Waals surface area contributed by atoms with Gasteiger partial charge in [-0.15, -0.1) is 6.42 Å². The molecule has 0 aliphatic carbocycles. The maximum atomic E-state index is 13.0. The molecule has 0 bridgehead atoms. The number of hydrogen-bond acceptors (Lipinski definition) is 11. The number of hydrogen-bond donors (Lipinski definition) is 1. The molecule has 0 spiro atoms. The highest BCUT2D eigenvalue weighted by Gasteiger charge is 2.46. The first-order chi connectivity index (χ1) is 18.9. The summed E-state index contributed by atoms with van der Waals surface area (Å²) in [6.45, 7) is 2.18. The zero-order valence-electron chi connectivity index (χ0n) is 21.3. The fraction of sp³-hybridized carbons (Fsp3) is 0.500. The van der Waals surface area contributed by atoms with E-state index in [9.17, 15) is 24.0 Å². The summed E-state index contributed by atoms with van der Waals surface area (Å²) in [7, 11) is 0. The van der Waals surface area contributed by atoms with E-state index in [-0.39, 0.29) is 49.5 Å². The van der Waals surface area contributed by atoms with Gasteiger partial charge in [-0.25, -0.2) is 4.79 Å². The van der Waals surface area contributed by atoms with Crippen molar-refractivity contribution in [1.82, 2.24) is 10.2 Å². The molecule has 2 heterocycles. The second kappa shape index (κ2) is 15.6. The first-order valence-corrected chi connectivity index (χ1v) is 12.3. The van der Waals surface area contributed by atoms with Crippen LogP contribution in [-0.2, 0) is 38.1 Å². The predicted molar refractivity (Wildman–Crippen MR) is 132 cm³/mol. The molecule has 1 unspecified atom stereocenters. The van der Waals surface area contributed by atoms with E-state index in [1.165, 1.54) is 18.2 Å². The normalized spacial score (nSPS) is 16.6. The molecule has 13 heteroatoms. The molecule has 3 rings (SSSR count). The fourth-order valence-corrected chi connectivity index (χ4v) is 3.79. The van der Waals surface area contributed by atoms with E-state index in [4.69, 9.17) is 34.8 Å². The summed E-state index contributed by atoms with van der Waals surface area (Å²) in [5, 5.41) is 2.13. The van der Waals surface area contributed by atoms with Gasteiger partial charge in [0.2, 0.25) is 11.8 Å². The highest BCUT2D eigenvalue weighted by Crippen LogP contribution is 2.33. The lowest BCUT2D eigenvalue weighted by Gasteiger charge is -2.27. The summed E-state index contributed by atoms with van der Waals surface area (Å²) >= 11 is 0. The maximum Gasteiger partial charge on any atom is 0.344 e. The van der Waals surface area contributed by atoms with Gasteiger partial charge in [0, 0.05) is 6.42 Å². The van der Waals surface area contributed by atoms with E-state index in [0.29, 0.717) is 39.6 Å². The molecule has 4 amide bonds. The van der Waals surface area contributed by atoms with Crippen LogP contribution in [0.5, 0.6) is 5.75 Å². The van der Waals surface area contributed by atoms with Crippen LogP contribution in [-0.4, -0.2) is 107 Å². The Labute approximate surface area is 225 Å². The number of fused-ring (bicyclic) bond motifs is 1. The molecule has 1 aromatic carbocycles. The van der Waals surface area contributed by atoms with Crippen LogP contribution in [0, 0.1) is 12.3 Å². The molecule has 0 saturated carbocycles. The van der Waals surface area contributed by atoms with Crippen molar-refractivity contribution in [3.05, 3.63) is 29.3 Å². The van der Waals surface area contributed by atoms with Gasteiger partial charge in [0.05, 0.1) is 57.4 Å². The van der Waals surface area contributed by atoms with Crippen LogP contribution in [0.25, 0.3) is 0 Å². The number of carbonyl (C=O) groups is 5. The first-order valence-electron chi connectivity index (χ1n) is 12.3. The number of nitrogens with zero attached hydrogens (tertiary/aromatic N) is 1. The van der Waals surface area contributed by atoms with Crippen LogP contribution < -0.4 is 10.1 Å². The number of piperidine rings is 1. The smallest absolute Gasteiger partial charge is 0.344 e. The standard InChI is InChI=1S/C26H30N2O11/c1-2-8-34-9-10-35-11-12-36-13-14-37-15-16-38-22(30)17-39-20-5-3-4-18-23(20)26(33)28(25(18)32)19-6-7-21(29)27-24(19)31/h1,3-5,19H,6-17H2,(H,27,29,31). The molecule has 39 heavy (non-hydrogen) atoms. The van der Waals surface area contributed by atoms with Gasteiger partial charge in [-0.1, -0.05) is 12.0 Å². The van der Waals surface area contributed by atoms with E-state index < -0.39 is 42.2 Å². The molecule has 210 valence electrons. The van der Waals surface area contributed by atoms with Gasteiger partial charge in [-0.2, -0.15) is 0 Å². The Morgan fingerprint density at radius 1 is 0.923 bits per heavy atom. The van der Waals surface area contributed by atoms with Gasteiger partial charge >= 0.3 is 5.97 Å². The number of amides is 4. The van der Waals surface area contributed by atoms with Gasteiger partial charge in [-0.05, 0) is 18.6 Å². The number of benzene rings is 1. The first kappa shape index (κ1) is 29.7. The average Bonchev–Trinajstić information content (AvgIpc) is 3.17. The molecule has 1 atom stereocenters. The highest BCUT2D eigenvalue weighted by atomic mass is 16.6. The monoisotopic (exact) mass is 546 g/mol. The molecule has 1 saturated heterocycles. The summed E-state index contributed by atoms with van der Waals surface area (Å²) < 4.78 is 31.5. The Bertz CT molecular complexity index is 1100. The van der Waals surface area contributed by atoms with Crippen molar-refractivity contribution in [2.75, 3.05) is 66.1 Å². The highest BCUT2D eigenvalue weighted by molar-refractivity contribution is 6.24. The van der Waals surface area contributed by atoms with Crippen molar-refractivity contribution in [3.63, 3.8) is 0 Å². The van der Waals surface area contributed by atoms with Gasteiger partial charge < -0.3 is 28.4 Å². The third kappa shape index (κ3) is 8.59.